The molecule has 2 rings (SSSR count). The molecule has 0 aliphatic carbocycles. The molecule has 0 radical (unpaired) electrons. The lowest BCUT2D eigenvalue weighted by Crippen LogP contribution is -2.09. The van der Waals surface area contributed by atoms with Crippen molar-refractivity contribution in [3.8, 4) is 11.4 Å². The maximum Gasteiger partial charge on any atom is 0.133 e. The molecule has 0 spiro atoms. The van der Waals surface area contributed by atoms with Crippen LogP contribution in [0.3, 0.4) is 0 Å². The van der Waals surface area contributed by atoms with Crippen LogP contribution in [0.4, 0.5) is 5.82 Å². The van der Waals surface area contributed by atoms with Crippen molar-refractivity contribution in [2.24, 2.45) is 0 Å². The van der Waals surface area contributed by atoms with Gasteiger partial charge in [-0.1, -0.05) is 20.3 Å². The van der Waals surface area contributed by atoms with Crippen molar-refractivity contribution in [3.05, 3.63) is 24.2 Å². The summed E-state index contributed by atoms with van der Waals surface area (Å²) in [6, 6.07) is 2.03. The molecule has 0 fully saturated rings. The summed E-state index contributed by atoms with van der Waals surface area (Å²) in [4.78, 5) is 8.89. The van der Waals surface area contributed by atoms with E-state index >= 15 is 0 Å². The molecule has 0 unspecified atom stereocenters. The van der Waals surface area contributed by atoms with Crippen molar-refractivity contribution in [3.63, 3.8) is 0 Å². The van der Waals surface area contributed by atoms with Gasteiger partial charge in [-0.05, 0) is 25.8 Å². The van der Waals surface area contributed by atoms with Crippen LogP contribution in [0.25, 0.3) is 11.4 Å². The number of nitrogens with zero attached hydrogens (tertiary/aromatic N) is 4. The third-order valence-electron chi connectivity index (χ3n) is 3.18. The standard InChI is InChI=1S/C15H23N5/c1-4-7-12-14(17-11-18-15(12)16-6-3)13-8-9-19-20(13)10-5-2/h8-9,11H,4-7,10H2,1-3H3,(H,16,17,18). The third kappa shape index (κ3) is 2.98. The third-order valence-corrected chi connectivity index (χ3v) is 3.18. The lowest BCUT2D eigenvalue weighted by molar-refractivity contribution is 0.607. The first-order chi connectivity index (χ1) is 9.81. The van der Waals surface area contributed by atoms with E-state index in [1.807, 2.05) is 16.9 Å². The van der Waals surface area contributed by atoms with Gasteiger partial charge >= 0.3 is 0 Å². The Morgan fingerprint density at radius 2 is 2.00 bits per heavy atom. The molecule has 0 saturated carbocycles. The van der Waals surface area contributed by atoms with Gasteiger partial charge < -0.3 is 5.32 Å². The minimum atomic E-state index is 0.862. The Balaban J connectivity index is 2.48. The molecule has 0 aliphatic heterocycles. The molecule has 20 heavy (non-hydrogen) atoms. The van der Waals surface area contributed by atoms with Gasteiger partial charge in [0.2, 0.25) is 0 Å². The highest BCUT2D eigenvalue weighted by Gasteiger charge is 2.15. The fourth-order valence-electron chi connectivity index (χ4n) is 2.36. The zero-order chi connectivity index (χ0) is 14.4. The molecule has 1 N–H and O–H groups in total. The lowest BCUT2D eigenvalue weighted by Gasteiger charge is -2.14. The van der Waals surface area contributed by atoms with Gasteiger partial charge in [0.05, 0.1) is 11.4 Å². The second-order valence-electron chi connectivity index (χ2n) is 4.77. The highest BCUT2D eigenvalue weighted by molar-refractivity contribution is 5.65. The molecule has 0 saturated heterocycles. The highest BCUT2D eigenvalue weighted by Crippen LogP contribution is 2.26. The van der Waals surface area contributed by atoms with Crippen LogP contribution in [0.15, 0.2) is 18.6 Å². The van der Waals surface area contributed by atoms with E-state index in [1.165, 1.54) is 5.56 Å². The molecular formula is C15H23N5. The van der Waals surface area contributed by atoms with Crippen LogP contribution in [0.2, 0.25) is 0 Å². The normalized spacial score (nSPS) is 10.8. The fraction of sp³-hybridized carbons (Fsp3) is 0.533. The van der Waals surface area contributed by atoms with Crippen LogP contribution in [0, 0.1) is 0 Å². The first-order valence-corrected chi connectivity index (χ1v) is 7.41. The zero-order valence-corrected chi connectivity index (χ0v) is 12.6. The monoisotopic (exact) mass is 273 g/mol. The van der Waals surface area contributed by atoms with E-state index in [2.05, 4.69) is 41.2 Å². The largest absolute Gasteiger partial charge is 0.370 e. The number of nitrogens with one attached hydrogen (secondary N) is 1. The second kappa shape index (κ2) is 7.03. The highest BCUT2D eigenvalue weighted by atomic mass is 15.3. The fourth-order valence-corrected chi connectivity index (χ4v) is 2.36. The SMILES string of the molecule is CCCc1c(NCC)ncnc1-c1ccnn1CCC. The summed E-state index contributed by atoms with van der Waals surface area (Å²) in [6.07, 6.45) is 6.57. The summed E-state index contributed by atoms with van der Waals surface area (Å²) in [5.74, 6) is 0.948. The van der Waals surface area contributed by atoms with E-state index in [9.17, 15) is 0 Å². The van der Waals surface area contributed by atoms with Gasteiger partial charge in [0.1, 0.15) is 12.1 Å². The molecule has 0 aromatic carbocycles. The Kier molecular flexibility index (Phi) is 5.09. The Labute approximate surface area is 120 Å². The molecule has 0 aliphatic rings. The Morgan fingerprint density at radius 1 is 1.15 bits per heavy atom. The van der Waals surface area contributed by atoms with Crippen LogP contribution in [0.1, 0.15) is 39.2 Å². The summed E-state index contributed by atoms with van der Waals surface area (Å²) < 4.78 is 2.03. The van der Waals surface area contributed by atoms with Crippen molar-refractivity contribution in [1.82, 2.24) is 19.7 Å². The minimum Gasteiger partial charge on any atom is -0.370 e. The van der Waals surface area contributed by atoms with Gasteiger partial charge in [0.25, 0.3) is 0 Å². The van der Waals surface area contributed by atoms with Gasteiger partial charge in [-0.2, -0.15) is 5.10 Å². The molecule has 108 valence electrons. The molecule has 2 aromatic rings. The zero-order valence-electron chi connectivity index (χ0n) is 12.6. The number of hydrogen-bond acceptors (Lipinski definition) is 4. The van der Waals surface area contributed by atoms with E-state index in [4.69, 9.17) is 0 Å². The van der Waals surface area contributed by atoms with E-state index in [0.29, 0.717) is 0 Å². The number of rotatable bonds is 7. The molecule has 0 amide bonds. The molecule has 5 nitrogen and oxygen atoms in total. The van der Waals surface area contributed by atoms with Gasteiger partial charge in [-0.3, -0.25) is 4.68 Å². The summed E-state index contributed by atoms with van der Waals surface area (Å²) in [5, 5.41) is 7.73. The number of hydrogen-bond donors (Lipinski definition) is 1. The summed E-state index contributed by atoms with van der Waals surface area (Å²) >= 11 is 0. The van der Waals surface area contributed by atoms with Gasteiger partial charge in [0, 0.05) is 24.8 Å². The van der Waals surface area contributed by atoms with E-state index < -0.39 is 0 Å². The Morgan fingerprint density at radius 3 is 2.70 bits per heavy atom. The van der Waals surface area contributed by atoms with Crippen molar-refractivity contribution in [1.29, 1.82) is 0 Å². The average Bonchev–Trinajstić information content (AvgIpc) is 2.90. The number of aryl methyl sites for hydroxylation is 1. The molecule has 2 heterocycles. The van der Waals surface area contributed by atoms with Crippen LogP contribution in [0.5, 0.6) is 0 Å². The Hall–Kier alpha value is -1.91. The van der Waals surface area contributed by atoms with Crippen LogP contribution >= 0.6 is 0 Å². The Bertz CT molecular complexity index is 547. The lowest BCUT2D eigenvalue weighted by atomic mass is 10.1. The smallest absolute Gasteiger partial charge is 0.133 e. The molecule has 2 aromatic heterocycles. The van der Waals surface area contributed by atoms with Gasteiger partial charge in [-0.25, -0.2) is 9.97 Å². The van der Waals surface area contributed by atoms with Crippen molar-refractivity contribution in [2.45, 2.75) is 46.6 Å². The predicted molar refractivity (Wildman–Crippen MR) is 81.7 cm³/mol. The average molecular weight is 273 g/mol. The summed E-state index contributed by atoms with van der Waals surface area (Å²) in [7, 11) is 0. The summed E-state index contributed by atoms with van der Waals surface area (Å²) in [6.45, 7) is 8.19. The van der Waals surface area contributed by atoms with E-state index in [0.717, 1.165) is 49.6 Å². The van der Waals surface area contributed by atoms with Crippen molar-refractivity contribution in [2.75, 3.05) is 11.9 Å². The summed E-state index contributed by atoms with van der Waals surface area (Å²) in [5.41, 5.74) is 3.27. The van der Waals surface area contributed by atoms with E-state index in [1.54, 1.807) is 6.33 Å². The maximum atomic E-state index is 4.51. The first kappa shape index (κ1) is 14.5. The van der Waals surface area contributed by atoms with E-state index in [-0.39, 0.29) is 0 Å². The number of aromatic nitrogens is 4. The first-order valence-electron chi connectivity index (χ1n) is 7.41. The molecular weight excluding hydrogens is 250 g/mol. The van der Waals surface area contributed by atoms with Gasteiger partial charge in [-0.15, -0.1) is 0 Å². The van der Waals surface area contributed by atoms with Crippen molar-refractivity contribution >= 4 is 5.82 Å². The van der Waals surface area contributed by atoms with Crippen molar-refractivity contribution < 1.29 is 0 Å². The van der Waals surface area contributed by atoms with Crippen LogP contribution in [-0.4, -0.2) is 26.3 Å². The van der Waals surface area contributed by atoms with Gasteiger partial charge in [0.15, 0.2) is 0 Å². The second-order valence-corrected chi connectivity index (χ2v) is 4.77. The molecule has 5 heteroatoms. The van der Waals surface area contributed by atoms with Crippen LogP contribution < -0.4 is 5.32 Å². The molecule has 0 bridgehead atoms. The van der Waals surface area contributed by atoms with Crippen LogP contribution in [-0.2, 0) is 13.0 Å². The quantitative estimate of drug-likeness (QED) is 0.842. The molecule has 0 atom stereocenters. The number of anilines is 1. The maximum absolute atomic E-state index is 4.51. The topological polar surface area (TPSA) is 55.6 Å². The predicted octanol–water partition coefficient (Wildman–Crippen LogP) is 3.13. The minimum absolute atomic E-state index is 0.862.